The van der Waals surface area contributed by atoms with Gasteiger partial charge in [-0.15, -0.1) is 11.3 Å². The van der Waals surface area contributed by atoms with E-state index in [4.69, 9.17) is 21.9 Å². The highest BCUT2D eigenvalue weighted by molar-refractivity contribution is 7.80. The second-order valence-electron chi connectivity index (χ2n) is 8.25. The largest absolute Gasteiger partial charge is 0.465 e. The zero-order valence-electron chi connectivity index (χ0n) is 19.1. The highest BCUT2D eigenvalue weighted by atomic mass is 32.1. The summed E-state index contributed by atoms with van der Waals surface area (Å²) in [6, 6.07) is 19.0. The molecule has 1 amide bonds. The Morgan fingerprint density at radius 2 is 1.77 bits per heavy atom. The van der Waals surface area contributed by atoms with Crippen molar-refractivity contribution in [2.24, 2.45) is 0 Å². The number of anilines is 1. The molecule has 2 aromatic carbocycles. The van der Waals surface area contributed by atoms with Gasteiger partial charge in [-0.3, -0.25) is 10.1 Å². The summed E-state index contributed by atoms with van der Waals surface area (Å²) >= 11 is 6.98. The Labute approximate surface area is 212 Å². The fraction of sp³-hybridized carbons (Fsp3) is 0.185. The number of ether oxygens (including phenoxy) is 1. The first kappa shape index (κ1) is 23.1. The predicted octanol–water partition coefficient (Wildman–Crippen LogP) is 5.76. The van der Waals surface area contributed by atoms with Crippen molar-refractivity contribution in [3.05, 3.63) is 82.2 Å². The van der Waals surface area contributed by atoms with Gasteiger partial charge in [-0.05, 0) is 55.6 Å². The Kier molecular flexibility index (Phi) is 6.57. The number of nitrogens with zero attached hydrogens (tertiary/aromatic N) is 1. The van der Waals surface area contributed by atoms with Crippen molar-refractivity contribution in [2.75, 3.05) is 12.4 Å². The van der Waals surface area contributed by atoms with Crippen LogP contribution >= 0.6 is 23.6 Å². The summed E-state index contributed by atoms with van der Waals surface area (Å²) < 4.78 is 5.03. The van der Waals surface area contributed by atoms with Crippen LogP contribution in [0.2, 0.25) is 0 Å². The molecule has 8 heteroatoms. The van der Waals surface area contributed by atoms with Crippen molar-refractivity contribution >= 4 is 56.4 Å². The van der Waals surface area contributed by atoms with Gasteiger partial charge in [0.25, 0.3) is 5.91 Å². The van der Waals surface area contributed by atoms with Crippen LogP contribution < -0.4 is 10.6 Å². The quantitative estimate of drug-likeness (QED) is 0.274. The number of para-hydroxylation sites is 1. The van der Waals surface area contributed by atoms with Crippen molar-refractivity contribution in [1.82, 2.24) is 10.3 Å². The first-order valence-electron chi connectivity index (χ1n) is 11.4. The molecule has 6 nitrogen and oxygen atoms in total. The van der Waals surface area contributed by atoms with Crippen LogP contribution in [-0.2, 0) is 17.6 Å². The zero-order valence-corrected chi connectivity index (χ0v) is 20.7. The lowest BCUT2D eigenvalue weighted by Crippen LogP contribution is -2.34. The van der Waals surface area contributed by atoms with Crippen LogP contribution in [-0.4, -0.2) is 29.1 Å². The molecule has 1 aliphatic carbocycles. The van der Waals surface area contributed by atoms with Gasteiger partial charge in [-0.1, -0.05) is 48.5 Å². The van der Waals surface area contributed by atoms with Gasteiger partial charge in [-0.25, -0.2) is 9.78 Å². The number of esters is 1. The maximum Gasteiger partial charge on any atom is 0.341 e. The number of amides is 1. The van der Waals surface area contributed by atoms with Gasteiger partial charge < -0.3 is 10.1 Å². The third-order valence-electron chi connectivity index (χ3n) is 6.05. The minimum atomic E-state index is -0.395. The molecular weight excluding hydrogens is 478 g/mol. The summed E-state index contributed by atoms with van der Waals surface area (Å²) in [4.78, 5) is 31.8. The standard InChI is InChI=1S/C27H23N3O3S2/c1-33-26(32)23-18-12-6-8-14-22(18)35-25(23)30-27(34)29-24(31)19-15-21(16-9-3-2-4-10-16)28-20-13-7-5-11-17(19)20/h2-5,7,9-11,13,15H,6,8,12,14H2,1H3,(H2,29,30,31,34). The molecule has 4 aromatic rings. The van der Waals surface area contributed by atoms with Crippen LogP contribution in [0.1, 0.15) is 44.0 Å². The molecule has 0 unspecified atom stereocenters. The lowest BCUT2D eigenvalue weighted by atomic mass is 9.95. The predicted molar refractivity (Wildman–Crippen MR) is 143 cm³/mol. The van der Waals surface area contributed by atoms with E-state index < -0.39 is 5.97 Å². The molecule has 0 bridgehead atoms. The monoisotopic (exact) mass is 501 g/mol. The molecule has 0 saturated carbocycles. The molecule has 5 rings (SSSR count). The first-order valence-corrected chi connectivity index (χ1v) is 12.6. The highest BCUT2D eigenvalue weighted by Crippen LogP contribution is 2.38. The summed E-state index contributed by atoms with van der Waals surface area (Å²) in [5, 5.41) is 7.33. The Balaban J connectivity index is 1.44. The van der Waals surface area contributed by atoms with E-state index in [0.717, 1.165) is 47.7 Å². The average molecular weight is 502 g/mol. The lowest BCUT2D eigenvalue weighted by molar-refractivity contribution is 0.0601. The second-order valence-corrected chi connectivity index (χ2v) is 9.77. The highest BCUT2D eigenvalue weighted by Gasteiger charge is 2.27. The number of nitrogens with one attached hydrogen (secondary N) is 2. The van der Waals surface area contributed by atoms with Gasteiger partial charge in [0.05, 0.1) is 29.4 Å². The minimum Gasteiger partial charge on any atom is -0.465 e. The molecule has 35 heavy (non-hydrogen) atoms. The molecular formula is C27H23N3O3S2. The number of thiocarbonyl (C=S) groups is 1. The SMILES string of the molecule is COC(=O)c1c(NC(=S)NC(=O)c2cc(-c3ccccc3)nc3ccccc23)sc2c1CCCC2. The van der Waals surface area contributed by atoms with Gasteiger partial charge in [0, 0.05) is 15.8 Å². The van der Waals surface area contributed by atoms with Gasteiger partial charge in [-0.2, -0.15) is 0 Å². The normalized spacial score (nSPS) is 12.6. The summed E-state index contributed by atoms with van der Waals surface area (Å²) in [6.45, 7) is 0. The number of pyridine rings is 1. The molecule has 1 aliphatic rings. The Morgan fingerprint density at radius 3 is 2.57 bits per heavy atom. The number of carbonyl (C=O) groups excluding carboxylic acids is 2. The van der Waals surface area contributed by atoms with Crippen molar-refractivity contribution in [3.8, 4) is 11.3 Å². The number of hydrogen-bond donors (Lipinski definition) is 2. The van der Waals surface area contributed by atoms with Crippen LogP contribution in [0.15, 0.2) is 60.7 Å². The molecule has 0 spiro atoms. The second kappa shape index (κ2) is 9.93. The van der Waals surface area contributed by atoms with Crippen molar-refractivity contribution in [2.45, 2.75) is 25.7 Å². The summed E-state index contributed by atoms with van der Waals surface area (Å²) in [5.74, 6) is -0.743. The van der Waals surface area contributed by atoms with Crippen LogP contribution in [0.25, 0.3) is 22.2 Å². The first-order chi connectivity index (χ1) is 17.0. The van der Waals surface area contributed by atoms with Crippen LogP contribution in [0.3, 0.4) is 0 Å². The fourth-order valence-electron chi connectivity index (χ4n) is 4.40. The number of carbonyl (C=O) groups is 2. The molecule has 2 aromatic heterocycles. The number of methoxy groups -OCH3 is 1. The Morgan fingerprint density at radius 1 is 1.03 bits per heavy atom. The smallest absolute Gasteiger partial charge is 0.341 e. The number of hydrogen-bond acceptors (Lipinski definition) is 6. The number of rotatable bonds is 4. The third-order valence-corrected chi connectivity index (χ3v) is 7.46. The lowest BCUT2D eigenvalue weighted by Gasteiger charge is -2.13. The van der Waals surface area contributed by atoms with E-state index in [9.17, 15) is 9.59 Å². The number of aryl methyl sites for hydroxylation is 1. The maximum absolute atomic E-state index is 13.4. The topological polar surface area (TPSA) is 80.3 Å². The van der Waals surface area contributed by atoms with Gasteiger partial charge in [0.15, 0.2) is 5.11 Å². The molecule has 0 saturated heterocycles. The van der Waals surface area contributed by atoms with Crippen LogP contribution in [0.5, 0.6) is 0 Å². The molecule has 0 atom stereocenters. The Bertz CT molecular complexity index is 1450. The van der Waals surface area contributed by atoms with Crippen molar-refractivity contribution < 1.29 is 14.3 Å². The zero-order chi connectivity index (χ0) is 24.4. The molecule has 0 aliphatic heterocycles. The van der Waals surface area contributed by atoms with E-state index in [1.165, 1.54) is 23.3 Å². The molecule has 176 valence electrons. The van der Waals surface area contributed by atoms with Crippen LogP contribution in [0.4, 0.5) is 5.00 Å². The van der Waals surface area contributed by atoms with Gasteiger partial charge >= 0.3 is 5.97 Å². The van der Waals surface area contributed by atoms with E-state index in [2.05, 4.69) is 10.6 Å². The molecule has 2 N–H and O–H groups in total. The number of aromatic nitrogens is 1. The van der Waals surface area contributed by atoms with E-state index in [1.807, 2.05) is 54.6 Å². The van der Waals surface area contributed by atoms with Crippen LogP contribution in [0, 0.1) is 0 Å². The van der Waals surface area contributed by atoms with Gasteiger partial charge in [0.1, 0.15) is 5.00 Å². The third kappa shape index (κ3) is 4.67. The van der Waals surface area contributed by atoms with Crippen molar-refractivity contribution in [1.29, 1.82) is 0 Å². The maximum atomic E-state index is 13.4. The number of fused-ring (bicyclic) bond motifs is 2. The summed E-state index contributed by atoms with van der Waals surface area (Å²) in [7, 11) is 1.37. The molecule has 2 heterocycles. The minimum absolute atomic E-state index is 0.126. The number of thiophene rings is 1. The Hall–Kier alpha value is -3.62. The molecule has 0 fully saturated rings. The molecule has 0 radical (unpaired) electrons. The van der Waals surface area contributed by atoms with Gasteiger partial charge in [0.2, 0.25) is 0 Å². The van der Waals surface area contributed by atoms with E-state index in [0.29, 0.717) is 21.8 Å². The van der Waals surface area contributed by atoms with Crippen molar-refractivity contribution in [3.63, 3.8) is 0 Å². The van der Waals surface area contributed by atoms with E-state index in [-0.39, 0.29) is 11.0 Å². The summed E-state index contributed by atoms with van der Waals surface area (Å²) in [5.41, 5.74) is 4.35. The summed E-state index contributed by atoms with van der Waals surface area (Å²) in [6.07, 6.45) is 3.89. The number of benzene rings is 2. The fourth-order valence-corrected chi connectivity index (χ4v) is 5.94. The van der Waals surface area contributed by atoms with E-state index >= 15 is 0 Å². The van der Waals surface area contributed by atoms with E-state index in [1.54, 1.807) is 6.07 Å². The average Bonchev–Trinajstić information content (AvgIpc) is 3.25.